The number of ether oxygens (including phenoxy) is 4. The highest BCUT2D eigenvalue weighted by molar-refractivity contribution is 5.73. The normalized spacial score (nSPS) is 12.2. The van der Waals surface area contributed by atoms with Crippen LogP contribution in [0.15, 0.2) is 36.7 Å². The van der Waals surface area contributed by atoms with Crippen LogP contribution < -0.4 is 24.3 Å². The van der Waals surface area contributed by atoms with E-state index in [1.165, 1.54) is 12.4 Å². The van der Waals surface area contributed by atoms with Crippen molar-refractivity contribution in [3.8, 4) is 34.3 Å². The molecule has 0 unspecified atom stereocenters. The lowest BCUT2D eigenvalue weighted by Crippen LogP contribution is -2.16. The zero-order valence-electron chi connectivity index (χ0n) is 19.5. The molecule has 0 saturated heterocycles. The van der Waals surface area contributed by atoms with Gasteiger partial charge in [-0.3, -0.25) is 4.79 Å². The van der Waals surface area contributed by atoms with Gasteiger partial charge in [0.2, 0.25) is 0 Å². The predicted octanol–water partition coefficient (Wildman–Crippen LogP) is 3.74. The van der Waals surface area contributed by atoms with E-state index in [-0.39, 0.29) is 17.9 Å². The van der Waals surface area contributed by atoms with E-state index in [9.17, 15) is 9.18 Å². The van der Waals surface area contributed by atoms with Crippen LogP contribution in [0.2, 0.25) is 0 Å². The van der Waals surface area contributed by atoms with Gasteiger partial charge in [-0.25, -0.2) is 14.4 Å². The maximum absolute atomic E-state index is 14.7. The number of halogens is 1. The number of fused-ring (bicyclic) bond motifs is 1. The summed E-state index contributed by atoms with van der Waals surface area (Å²) in [5, 5.41) is 12.3. The molecule has 0 saturated carbocycles. The van der Waals surface area contributed by atoms with E-state index in [1.807, 2.05) is 12.1 Å². The molecule has 4 rings (SSSR count). The Morgan fingerprint density at radius 1 is 1.11 bits per heavy atom. The monoisotopic (exact) mass is 483 g/mol. The van der Waals surface area contributed by atoms with Crippen molar-refractivity contribution in [1.29, 1.82) is 0 Å². The number of methoxy groups -OCH3 is 1. The number of carbonyl (C=O) groups is 1. The van der Waals surface area contributed by atoms with Gasteiger partial charge in [0, 0.05) is 29.8 Å². The molecular weight excluding hydrogens is 457 g/mol. The molecule has 0 spiro atoms. The molecule has 0 aliphatic carbocycles. The Morgan fingerprint density at radius 2 is 1.89 bits per heavy atom. The Balaban J connectivity index is 1.50. The largest absolute Gasteiger partial charge is 0.496 e. The summed E-state index contributed by atoms with van der Waals surface area (Å²) in [6, 6.07) is 8.29. The van der Waals surface area contributed by atoms with Gasteiger partial charge in [0.05, 0.1) is 25.8 Å². The molecule has 1 aliphatic rings. The first-order chi connectivity index (χ1) is 17.0. The molecule has 0 fully saturated rings. The number of nitrogens with zero attached hydrogens (tertiary/aromatic N) is 2. The molecule has 3 aromatic rings. The minimum absolute atomic E-state index is 0.00359. The quantitative estimate of drug-likeness (QED) is 0.445. The summed E-state index contributed by atoms with van der Waals surface area (Å²) in [5.74, 6) is 1.00. The summed E-state index contributed by atoms with van der Waals surface area (Å²) < 4.78 is 37.0. The lowest BCUT2D eigenvalue weighted by atomic mass is 10.0. The van der Waals surface area contributed by atoms with Crippen molar-refractivity contribution < 1.29 is 33.2 Å². The fraction of sp³-hybridized carbons (Fsp3) is 0.320. The fourth-order valence-corrected chi connectivity index (χ4v) is 3.80. The molecule has 1 aliphatic heterocycles. The van der Waals surface area contributed by atoms with Crippen molar-refractivity contribution in [1.82, 2.24) is 9.97 Å². The summed E-state index contributed by atoms with van der Waals surface area (Å²) in [7, 11) is 1.61. The summed E-state index contributed by atoms with van der Waals surface area (Å²) in [4.78, 5) is 19.6. The van der Waals surface area contributed by atoms with Crippen LogP contribution in [0.5, 0.6) is 23.0 Å². The third kappa shape index (κ3) is 5.71. The van der Waals surface area contributed by atoms with Gasteiger partial charge in [0.25, 0.3) is 0 Å². The van der Waals surface area contributed by atoms with E-state index in [0.717, 1.165) is 5.56 Å². The summed E-state index contributed by atoms with van der Waals surface area (Å²) in [5.41, 5.74) is 1.89. The van der Waals surface area contributed by atoms with Gasteiger partial charge in [-0.1, -0.05) is 0 Å². The molecule has 0 bridgehead atoms. The van der Waals surface area contributed by atoms with E-state index in [2.05, 4.69) is 15.3 Å². The zero-order chi connectivity index (χ0) is 24.8. The van der Waals surface area contributed by atoms with Gasteiger partial charge in [-0.05, 0) is 37.1 Å². The first-order valence-corrected chi connectivity index (χ1v) is 11.2. The number of aromatic nitrogens is 2. The van der Waals surface area contributed by atoms with E-state index in [4.69, 9.17) is 24.1 Å². The molecule has 2 N–H and O–H groups in total. The topological polar surface area (TPSA) is 112 Å². The second-order valence-corrected chi connectivity index (χ2v) is 7.71. The molecule has 1 aromatic heterocycles. The second kappa shape index (κ2) is 10.9. The van der Waals surface area contributed by atoms with Crippen LogP contribution in [0.4, 0.5) is 10.2 Å². The predicted molar refractivity (Wildman–Crippen MR) is 126 cm³/mol. The molecule has 10 heteroatoms. The van der Waals surface area contributed by atoms with E-state index < -0.39 is 18.2 Å². The number of carboxylic acids is 1. The van der Waals surface area contributed by atoms with Crippen molar-refractivity contribution >= 4 is 11.8 Å². The standard InChI is InChI=1S/C25H26FN3O6/c1-3-33-21-10-16(8-18(26)17(21)11-25(30)31)19-12-24(29-14-28-19)27-5-4-15-9-22-23(13-20(15)32-2)35-7-6-34-22/h8-10,12-14H,3-7,11H2,1-2H3,(H,30,31)(H,27,28,29). The van der Waals surface area contributed by atoms with Crippen molar-refractivity contribution in [3.05, 3.63) is 53.6 Å². The minimum atomic E-state index is -1.14. The summed E-state index contributed by atoms with van der Waals surface area (Å²) in [6.45, 7) is 3.57. The molecule has 2 aromatic carbocycles. The number of nitrogens with one attached hydrogen (secondary N) is 1. The van der Waals surface area contributed by atoms with Crippen molar-refractivity contribution in [2.75, 3.05) is 38.8 Å². The lowest BCUT2D eigenvalue weighted by Gasteiger charge is -2.20. The average Bonchev–Trinajstić information content (AvgIpc) is 2.85. The smallest absolute Gasteiger partial charge is 0.308 e. The second-order valence-electron chi connectivity index (χ2n) is 7.71. The molecule has 184 valence electrons. The van der Waals surface area contributed by atoms with Crippen LogP contribution in [-0.2, 0) is 17.6 Å². The number of hydrogen-bond acceptors (Lipinski definition) is 8. The first kappa shape index (κ1) is 24.1. The van der Waals surface area contributed by atoms with Gasteiger partial charge in [-0.15, -0.1) is 0 Å². The third-order valence-corrected chi connectivity index (χ3v) is 5.39. The Kier molecular flexibility index (Phi) is 7.49. The molecule has 0 atom stereocenters. The number of carboxylic acid groups (broad SMARTS) is 1. The van der Waals surface area contributed by atoms with Gasteiger partial charge in [0.1, 0.15) is 42.7 Å². The third-order valence-electron chi connectivity index (χ3n) is 5.39. The van der Waals surface area contributed by atoms with Crippen LogP contribution in [0.25, 0.3) is 11.3 Å². The highest BCUT2D eigenvalue weighted by Crippen LogP contribution is 2.37. The van der Waals surface area contributed by atoms with Crippen molar-refractivity contribution in [3.63, 3.8) is 0 Å². The van der Waals surface area contributed by atoms with Crippen LogP contribution in [0, 0.1) is 5.82 Å². The first-order valence-electron chi connectivity index (χ1n) is 11.2. The van der Waals surface area contributed by atoms with E-state index >= 15 is 0 Å². The number of anilines is 1. The van der Waals surface area contributed by atoms with Crippen LogP contribution in [0.3, 0.4) is 0 Å². The van der Waals surface area contributed by atoms with E-state index in [0.29, 0.717) is 60.5 Å². The summed E-state index contributed by atoms with van der Waals surface area (Å²) >= 11 is 0. The van der Waals surface area contributed by atoms with Crippen molar-refractivity contribution in [2.45, 2.75) is 19.8 Å². The van der Waals surface area contributed by atoms with Crippen LogP contribution in [0.1, 0.15) is 18.1 Å². The maximum atomic E-state index is 14.7. The van der Waals surface area contributed by atoms with Gasteiger partial charge in [0.15, 0.2) is 11.5 Å². The Morgan fingerprint density at radius 3 is 2.60 bits per heavy atom. The van der Waals surface area contributed by atoms with E-state index in [1.54, 1.807) is 26.2 Å². The van der Waals surface area contributed by atoms with Crippen molar-refractivity contribution in [2.24, 2.45) is 0 Å². The molecule has 2 heterocycles. The molecular formula is C25H26FN3O6. The molecule has 0 amide bonds. The number of aliphatic carboxylic acids is 1. The number of benzene rings is 2. The highest BCUT2D eigenvalue weighted by atomic mass is 19.1. The Bertz CT molecular complexity index is 1220. The average molecular weight is 483 g/mol. The minimum Gasteiger partial charge on any atom is -0.496 e. The summed E-state index contributed by atoms with van der Waals surface area (Å²) in [6.07, 6.45) is 1.54. The van der Waals surface area contributed by atoms with Gasteiger partial charge >= 0.3 is 5.97 Å². The maximum Gasteiger partial charge on any atom is 0.308 e. The molecule has 35 heavy (non-hydrogen) atoms. The Labute approximate surface area is 201 Å². The number of hydrogen-bond donors (Lipinski definition) is 2. The van der Waals surface area contributed by atoms with Crippen LogP contribution >= 0.6 is 0 Å². The Hall–Kier alpha value is -4.08. The molecule has 0 radical (unpaired) electrons. The molecule has 9 nitrogen and oxygen atoms in total. The SMILES string of the molecule is CCOc1cc(-c2cc(NCCc3cc4c(cc3OC)OCCO4)ncn2)cc(F)c1CC(=O)O. The zero-order valence-corrected chi connectivity index (χ0v) is 19.5. The van der Waals surface area contributed by atoms with Crippen LogP contribution in [-0.4, -0.2) is 54.5 Å². The fourth-order valence-electron chi connectivity index (χ4n) is 3.80. The highest BCUT2D eigenvalue weighted by Gasteiger charge is 2.18. The van der Waals surface area contributed by atoms with Gasteiger partial charge in [-0.2, -0.15) is 0 Å². The van der Waals surface area contributed by atoms with Gasteiger partial charge < -0.3 is 29.4 Å². The number of rotatable bonds is 10. The lowest BCUT2D eigenvalue weighted by molar-refractivity contribution is -0.136.